The van der Waals surface area contributed by atoms with Crippen LogP contribution in [0.4, 0.5) is 5.69 Å². The van der Waals surface area contributed by atoms with Gasteiger partial charge in [-0.3, -0.25) is 0 Å². The molecule has 1 aromatic carbocycles. The Labute approximate surface area is 130 Å². The van der Waals surface area contributed by atoms with Gasteiger partial charge in [0.25, 0.3) is 0 Å². The number of hydrogen-bond acceptors (Lipinski definition) is 5. The van der Waals surface area contributed by atoms with Crippen LogP contribution >= 0.6 is 11.8 Å². The molecule has 1 fully saturated rings. The smallest absolute Gasteiger partial charge is 0.218 e. The van der Waals surface area contributed by atoms with Gasteiger partial charge in [-0.05, 0) is 23.8 Å². The molecule has 1 unspecified atom stereocenters. The standard InChI is InChI=1S/C14H22N2O3S2/c1-19-8-7-16(13-6-9-20-10-13)21(17,18)11-12-4-2-3-5-14(12)15/h2-5,13H,6-11,15H2,1H3. The van der Waals surface area contributed by atoms with Crippen LogP contribution in [-0.4, -0.2) is 50.5 Å². The zero-order valence-corrected chi connectivity index (χ0v) is 13.8. The number of thioether (sulfide) groups is 1. The van der Waals surface area contributed by atoms with Gasteiger partial charge in [-0.25, -0.2) is 8.42 Å². The highest BCUT2D eigenvalue weighted by Crippen LogP contribution is 2.26. The number of nitrogen functional groups attached to an aromatic ring is 1. The normalized spacial score (nSPS) is 19.2. The van der Waals surface area contributed by atoms with Crippen molar-refractivity contribution < 1.29 is 13.2 Å². The summed E-state index contributed by atoms with van der Waals surface area (Å²) in [5.74, 6) is 1.81. The van der Waals surface area contributed by atoms with Crippen LogP contribution < -0.4 is 5.73 Å². The van der Waals surface area contributed by atoms with E-state index in [1.165, 1.54) is 0 Å². The fourth-order valence-electron chi connectivity index (χ4n) is 2.42. The molecule has 1 aliphatic rings. The number of anilines is 1. The van der Waals surface area contributed by atoms with Gasteiger partial charge >= 0.3 is 0 Å². The van der Waals surface area contributed by atoms with Gasteiger partial charge in [-0.2, -0.15) is 16.1 Å². The maximum atomic E-state index is 12.8. The average Bonchev–Trinajstić information content (AvgIpc) is 2.95. The number of sulfonamides is 1. The number of hydrogen-bond donors (Lipinski definition) is 1. The highest BCUT2D eigenvalue weighted by atomic mass is 32.2. The van der Waals surface area contributed by atoms with Gasteiger partial charge in [0.05, 0.1) is 12.4 Å². The van der Waals surface area contributed by atoms with Crippen molar-refractivity contribution in [3.05, 3.63) is 29.8 Å². The van der Waals surface area contributed by atoms with Crippen molar-refractivity contribution in [3.63, 3.8) is 0 Å². The lowest BCUT2D eigenvalue weighted by molar-refractivity contribution is 0.169. The van der Waals surface area contributed by atoms with Crippen LogP contribution in [0.3, 0.4) is 0 Å². The molecule has 7 heteroatoms. The summed E-state index contributed by atoms with van der Waals surface area (Å²) in [7, 11) is -1.81. The average molecular weight is 330 g/mol. The topological polar surface area (TPSA) is 72.6 Å². The third-order valence-electron chi connectivity index (χ3n) is 3.58. The summed E-state index contributed by atoms with van der Waals surface area (Å²) in [4.78, 5) is 0. The van der Waals surface area contributed by atoms with E-state index in [9.17, 15) is 8.42 Å². The molecule has 0 spiro atoms. The van der Waals surface area contributed by atoms with Gasteiger partial charge in [-0.15, -0.1) is 0 Å². The van der Waals surface area contributed by atoms with Crippen LogP contribution in [0.2, 0.25) is 0 Å². The van der Waals surface area contributed by atoms with Crippen molar-refractivity contribution in [1.82, 2.24) is 4.31 Å². The molecule has 118 valence electrons. The molecular formula is C14H22N2O3S2. The summed E-state index contributed by atoms with van der Waals surface area (Å²) in [6.45, 7) is 0.807. The van der Waals surface area contributed by atoms with Crippen molar-refractivity contribution >= 4 is 27.5 Å². The SMILES string of the molecule is COCCN(C1CCSC1)S(=O)(=O)Cc1ccccc1N. The van der Waals surface area contributed by atoms with Crippen molar-refractivity contribution in [2.75, 3.05) is 37.5 Å². The monoisotopic (exact) mass is 330 g/mol. The fraction of sp³-hybridized carbons (Fsp3) is 0.571. The maximum Gasteiger partial charge on any atom is 0.218 e. The van der Waals surface area contributed by atoms with E-state index in [2.05, 4.69) is 0 Å². The van der Waals surface area contributed by atoms with Gasteiger partial charge in [0.15, 0.2) is 0 Å². The van der Waals surface area contributed by atoms with Gasteiger partial charge < -0.3 is 10.5 Å². The number of nitrogens with two attached hydrogens (primary N) is 1. The van der Waals surface area contributed by atoms with Crippen LogP contribution in [0, 0.1) is 0 Å². The molecule has 1 saturated heterocycles. The lowest BCUT2D eigenvalue weighted by Gasteiger charge is -2.27. The highest BCUT2D eigenvalue weighted by Gasteiger charge is 2.32. The third-order valence-corrected chi connectivity index (χ3v) is 6.59. The molecule has 0 amide bonds. The molecule has 1 aliphatic heterocycles. The van der Waals surface area contributed by atoms with Crippen LogP contribution in [0.25, 0.3) is 0 Å². The first-order valence-electron chi connectivity index (χ1n) is 6.94. The Morgan fingerprint density at radius 1 is 1.43 bits per heavy atom. The second-order valence-corrected chi connectivity index (χ2v) is 8.15. The molecule has 5 nitrogen and oxygen atoms in total. The predicted molar refractivity (Wildman–Crippen MR) is 87.8 cm³/mol. The van der Waals surface area contributed by atoms with E-state index in [-0.39, 0.29) is 11.8 Å². The minimum absolute atomic E-state index is 0.0510. The largest absolute Gasteiger partial charge is 0.398 e. The Kier molecular flexibility index (Phi) is 5.92. The summed E-state index contributed by atoms with van der Waals surface area (Å²) in [5, 5.41) is 0. The zero-order valence-electron chi connectivity index (χ0n) is 12.2. The number of benzene rings is 1. The van der Waals surface area contributed by atoms with Crippen molar-refractivity contribution in [2.45, 2.75) is 18.2 Å². The van der Waals surface area contributed by atoms with E-state index < -0.39 is 10.0 Å². The predicted octanol–water partition coefficient (Wildman–Crippen LogP) is 1.55. The second-order valence-electron chi connectivity index (χ2n) is 5.08. The minimum Gasteiger partial charge on any atom is -0.398 e. The van der Waals surface area contributed by atoms with Crippen molar-refractivity contribution in [3.8, 4) is 0 Å². The Bertz CT molecular complexity index is 557. The Morgan fingerprint density at radius 2 is 2.19 bits per heavy atom. The maximum absolute atomic E-state index is 12.8. The first kappa shape index (κ1) is 16.6. The molecule has 1 heterocycles. The van der Waals surface area contributed by atoms with E-state index in [1.54, 1.807) is 35.3 Å². The number of rotatable bonds is 7. The van der Waals surface area contributed by atoms with E-state index >= 15 is 0 Å². The molecule has 0 aliphatic carbocycles. The Hall–Kier alpha value is -0.760. The molecule has 1 aromatic rings. The van der Waals surface area contributed by atoms with E-state index in [4.69, 9.17) is 10.5 Å². The zero-order chi connectivity index (χ0) is 15.3. The molecule has 2 rings (SSSR count). The first-order chi connectivity index (χ1) is 10.0. The van der Waals surface area contributed by atoms with E-state index in [1.807, 2.05) is 12.1 Å². The van der Waals surface area contributed by atoms with E-state index in [0.717, 1.165) is 17.9 Å². The van der Waals surface area contributed by atoms with Crippen LogP contribution in [0.1, 0.15) is 12.0 Å². The fourth-order valence-corrected chi connectivity index (χ4v) is 5.55. The third kappa shape index (κ3) is 4.35. The molecule has 1 atom stereocenters. The summed E-state index contributed by atoms with van der Waals surface area (Å²) in [6.07, 6.45) is 0.901. The summed E-state index contributed by atoms with van der Waals surface area (Å²) >= 11 is 1.80. The number of methoxy groups -OCH3 is 1. The molecule has 21 heavy (non-hydrogen) atoms. The molecule has 0 saturated carbocycles. The van der Waals surface area contributed by atoms with Crippen molar-refractivity contribution in [2.24, 2.45) is 0 Å². The molecule has 0 bridgehead atoms. The van der Waals surface area contributed by atoms with Crippen molar-refractivity contribution in [1.29, 1.82) is 0 Å². The lowest BCUT2D eigenvalue weighted by Crippen LogP contribution is -2.43. The first-order valence-corrected chi connectivity index (χ1v) is 9.70. The molecule has 0 radical (unpaired) electrons. The van der Waals surface area contributed by atoms with Gasteiger partial charge in [0.2, 0.25) is 10.0 Å². The van der Waals surface area contributed by atoms with Crippen LogP contribution in [0.15, 0.2) is 24.3 Å². The summed E-state index contributed by atoms with van der Waals surface area (Å²) < 4.78 is 32.2. The minimum atomic E-state index is -3.39. The number of nitrogens with zero attached hydrogens (tertiary/aromatic N) is 1. The summed E-state index contributed by atoms with van der Waals surface area (Å²) in [6, 6.07) is 7.19. The molecule has 0 aromatic heterocycles. The van der Waals surface area contributed by atoms with E-state index in [0.29, 0.717) is 24.4 Å². The Morgan fingerprint density at radius 3 is 2.81 bits per heavy atom. The lowest BCUT2D eigenvalue weighted by atomic mass is 10.2. The second kappa shape index (κ2) is 7.49. The van der Waals surface area contributed by atoms with Gasteiger partial charge in [0, 0.05) is 31.1 Å². The van der Waals surface area contributed by atoms with Gasteiger partial charge in [0.1, 0.15) is 0 Å². The molecular weight excluding hydrogens is 308 g/mol. The van der Waals surface area contributed by atoms with Crippen LogP contribution in [-0.2, 0) is 20.5 Å². The molecule has 2 N–H and O–H groups in total. The number of para-hydroxylation sites is 1. The highest BCUT2D eigenvalue weighted by molar-refractivity contribution is 7.99. The number of ether oxygens (including phenoxy) is 1. The van der Waals surface area contributed by atoms with Gasteiger partial charge in [-0.1, -0.05) is 18.2 Å². The van der Waals surface area contributed by atoms with Crippen LogP contribution in [0.5, 0.6) is 0 Å². The Balaban J connectivity index is 2.18. The quantitative estimate of drug-likeness (QED) is 0.768. The summed E-state index contributed by atoms with van der Waals surface area (Å²) in [5.41, 5.74) is 7.05.